The van der Waals surface area contributed by atoms with E-state index in [9.17, 15) is 14.7 Å². The number of aromatic nitrogens is 1. The molecule has 0 unspecified atom stereocenters. The number of hydrogen-bond donors (Lipinski definition) is 0. The van der Waals surface area contributed by atoms with E-state index in [-0.39, 0.29) is 18.2 Å². The Hall–Kier alpha value is -2.10. The van der Waals surface area contributed by atoms with Gasteiger partial charge in [0.2, 0.25) is 0 Å². The van der Waals surface area contributed by atoms with Crippen molar-refractivity contribution in [2.24, 2.45) is 5.92 Å². The lowest BCUT2D eigenvalue weighted by Crippen LogP contribution is -2.27. The van der Waals surface area contributed by atoms with Crippen LogP contribution >= 0.6 is 0 Å². The fraction of sp³-hybridized carbons (Fsp3) is 0.412. The summed E-state index contributed by atoms with van der Waals surface area (Å²) in [5.74, 6) is -0.906. The molecule has 0 radical (unpaired) electrons. The number of rotatable bonds is 4. The summed E-state index contributed by atoms with van der Waals surface area (Å²) in [5, 5.41) is 11.7. The van der Waals surface area contributed by atoms with Gasteiger partial charge in [-0.15, -0.1) is 0 Å². The number of para-hydroxylation sites is 1. The average molecular weight is 284 g/mol. The van der Waals surface area contributed by atoms with Crippen LogP contribution in [0.15, 0.2) is 30.5 Å². The molecule has 1 aromatic heterocycles. The molecule has 0 bridgehead atoms. The number of carbonyl (C=O) groups excluding carboxylic acids is 2. The van der Waals surface area contributed by atoms with Crippen molar-refractivity contribution < 1.29 is 14.7 Å². The zero-order chi connectivity index (χ0) is 14.8. The molecule has 0 amide bonds. The van der Waals surface area contributed by atoms with Gasteiger partial charge >= 0.3 is 0 Å². The topological polar surface area (TPSA) is 62.1 Å². The lowest BCUT2D eigenvalue weighted by Gasteiger charge is -2.19. The number of aliphatic carboxylic acids is 1. The van der Waals surface area contributed by atoms with Gasteiger partial charge in [0.05, 0.1) is 12.5 Å². The molecule has 1 saturated carbocycles. The molecule has 0 spiro atoms. The Bertz CT molecular complexity index is 680. The van der Waals surface area contributed by atoms with Crippen LogP contribution in [0.2, 0.25) is 0 Å². The van der Waals surface area contributed by atoms with Gasteiger partial charge in [0.25, 0.3) is 0 Å². The monoisotopic (exact) mass is 284 g/mol. The number of carbonyl (C=O) groups is 2. The molecule has 0 atom stereocenters. The lowest BCUT2D eigenvalue weighted by atomic mass is 9.84. The summed E-state index contributed by atoms with van der Waals surface area (Å²) in [6.07, 6.45) is 6.98. The van der Waals surface area contributed by atoms with E-state index in [1.807, 2.05) is 24.3 Å². The predicted octanol–water partition coefficient (Wildman–Crippen LogP) is 2.15. The van der Waals surface area contributed by atoms with Gasteiger partial charge in [-0.2, -0.15) is 0 Å². The third kappa shape index (κ3) is 2.71. The van der Waals surface area contributed by atoms with E-state index >= 15 is 0 Å². The number of ketones is 1. The van der Waals surface area contributed by atoms with Gasteiger partial charge in [-0.25, -0.2) is 0 Å². The third-order valence-corrected chi connectivity index (χ3v) is 4.33. The standard InChI is InChI=1S/C17H19NO3/c19-16(20)11-18-10-14(13-8-4-5-9-15(13)18)17(21)12-6-2-1-3-7-12/h4-5,8-10,12H,1-3,6-7,11H2,(H,19,20)/p-1. The second-order valence-corrected chi connectivity index (χ2v) is 5.76. The van der Waals surface area contributed by atoms with Gasteiger partial charge < -0.3 is 14.5 Å². The summed E-state index contributed by atoms with van der Waals surface area (Å²) >= 11 is 0. The van der Waals surface area contributed by atoms with E-state index < -0.39 is 5.97 Å². The van der Waals surface area contributed by atoms with E-state index in [4.69, 9.17) is 0 Å². The summed E-state index contributed by atoms with van der Waals surface area (Å²) in [4.78, 5) is 23.6. The number of carboxylic acid groups (broad SMARTS) is 1. The van der Waals surface area contributed by atoms with Crippen molar-refractivity contribution >= 4 is 22.7 Å². The molecule has 1 aliphatic rings. The Kier molecular flexibility index (Phi) is 3.78. The number of Topliss-reactive ketones (excluding diaryl/α,β-unsaturated/α-hetero) is 1. The minimum absolute atomic E-state index is 0.0842. The molecule has 4 heteroatoms. The van der Waals surface area contributed by atoms with Crippen molar-refractivity contribution in [2.45, 2.75) is 38.6 Å². The maximum atomic E-state index is 12.7. The number of fused-ring (bicyclic) bond motifs is 1. The quantitative estimate of drug-likeness (QED) is 0.808. The van der Waals surface area contributed by atoms with Crippen LogP contribution in [0.5, 0.6) is 0 Å². The van der Waals surface area contributed by atoms with Gasteiger partial charge in [-0.05, 0) is 18.9 Å². The third-order valence-electron chi connectivity index (χ3n) is 4.33. The molecule has 0 saturated heterocycles. The van der Waals surface area contributed by atoms with Crippen LogP contribution in [0.4, 0.5) is 0 Å². The van der Waals surface area contributed by atoms with Crippen molar-refractivity contribution in [1.29, 1.82) is 0 Å². The number of benzene rings is 1. The fourth-order valence-corrected chi connectivity index (χ4v) is 3.30. The summed E-state index contributed by atoms with van der Waals surface area (Å²) in [6.45, 7) is -0.224. The Morgan fingerprint density at radius 1 is 1.14 bits per heavy atom. The summed E-state index contributed by atoms with van der Waals surface area (Å²) in [5.41, 5.74) is 1.43. The Morgan fingerprint density at radius 3 is 2.57 bits per heavy atom. The molecule has 110 valence electrons. The molecular formula is C17H18NO3-. The molecule has 1 aliphatic carbocycles. The minimum Gasteiger partial charge on any atom is -0.548 e. The normalized spacial score (nSPS) is 16.2. The van der Waals surface area contributed by atoms with Crippen LogP contribution in [0.3, 0.4) is 0 Å². The molecule has 21 heavy (non-hydrogen) atoms. The Balaban J connectivity index is 2.01. The van der Waals surface area contributed by atoms with Crippen LogP contribution < -0.4 is 5.11 Å². The lowest BCUT2D eigenvalue weighted by molar-refractivity contribution is -0.306. The summed E-state index contributed by atoms with van der Waals surface area (Å²) in [7, 11) is 0. The summed E-state index contributed by atoms with van der Waals surface area (Å²) in [6, 6.07) is 7.46. The van der Waals surface area contributed by atoms with Gasteiger partial charge in [-0.1, -0.05) is 37.5 Å². The van der Waals surface area contributed by atoms with Crippen LogP contribution in [0.1, 0.15) is 42.5 Å². The largest absolute Gasteiger partial charge is 0.548 e. The fourth-order valence-electron chi connectivity index (χ4n) is 3.30. The molecule has 0 N–H and O–H groups in total. The van der Waals surface area contributed by atoms with Crippen LogP contribution in [-0.2, 0) is 11.3 Å². The number of hydrogen-bond acceptors (Lipinski definition) is 3. The first-order chi connectivity index (χ1) is 10.2. The first-order valence-corrected chi connectivity index (χ1v) is 7.49. The minimum atomic E-state index is -1.15. The van der Waals surface area contributed by atoms with Gasteiger partial charge in [-0.3, -0.25) is 4.79 Å². The molecule has 0 aliphatic heterocycles. The second-order valence-electron chi connectivity index (χ2n) is 5.76. The highest BCUT2D eigenvalue weighted by Gasteiger charge is 2.25. The zero-order valence-corrected chi connectivity index (χ0v) is 11.9. The Labute approximate surface area is 123 Å². The average Bonchev–Trinajstić information content (AvgIpc) is 2.86. The van der Waals surface area contributed by atoms with Gasteiger partial charge in [0.15, 0.2) is 5.78 Å². The number of carboxylic acids is 1. The van der Waals surface area contributed by atoms with Crippen LogP contribution in [-0.4, -0.2) is 16.3 Å². The van der Waals surface area contributed by atoms with E-state index in [1.54, 1.807) is 10.8 Å². The van der Waals surface area contributed by atoms with Gasteiger partial charge in [0.1, 0.15) is 0 Å². The molecular weight excluding hydrogens is 266 g/mol. The van der Waals surface area contributed by atoms with Crippen molar-refractivity contribution in [3.05, 3.63) is 36.0 Å². The van der Waals surface area contributed by atoms with E-state index in [0.29, 0.717) is 5.56 Å². The second kappa shape index (κ2) is 5.72. The van der Waals surface area contributed by atoms with Crippen molar-refractivity contribution in [3.8, 4) is 0 Å². The molecule has 1 aromatic carbocycles. The zero-order valence-electron chi connectivity index (χ0n) is 11.9. The maximum Gasteiger partial charge on any atom is 0.168 e. The van der Waals surface area contributed by atoms with Gasteiger partial charge in [0, 0.05) is 28.6 Å². The SMILES string of the molecule is O=C([O-])Cn1cc(C(=O)C2CCCCC2)c2ccccc21. The van der Waals surface area contributed by atoms with Crippen molar-refractivity contribution in [1.82, 2.24) is 4.57 Å². The van der Waals surface area contributed by atoms with E-state index in [2.05, 4.69) is 0 Å². The molecule has 4 nitrogen and oxygen atoms in total. The highest BCUT2D eigenvalue weighted by Crippen LogP contribution is 2.30. The highest BCUT2D eigenvalue weighted by atomic mass is 16.4. The summed E-state index contributed by atoms with van der Waals surface area (Å²) < 4.78 is 1.60. The maximum absolute atomic E-state index is 12.7. The highest BCUT2D eigenvalue weighted by molar-refractivity contribution is 6.09. The predicted molar refractivity (Wildman–Crippen MR) is 77.9 cm³/mol. The van der Waals surface area contributed by atoms with Crippen LogP contribution in [0.25, 0.3) is 10.9 Å². The van der Waals surface area contributed by atoms with Crippen molar-refractivity contribution in [2.75, 3.05) is 0 Å². The molecule has 1 heterocycles. The van der Waals surface area contributed by atoms with Crippen molar-refractivity contribution in [3.63, 3.8) is 0 Å². The molecule has 1 fully saturated rings. The van der Waals surface area contributed by atoms with E-state index in [0.717, 1.165) is 36.6 Å². The van der Waals surface area contributed by atoms with E-state index in [1.165, 1.54) is 6.42 Å². The Morgan fingerprint density at radius 2 is 1.86 bits per heavy atom. The first-order valence-electron chi connectivity index (χ1n) is 7.49. The van der Waals surface area contributed by atoms with Crippen LogP contribution in [0, 0.1) is 5.92 Å². The number of nitrogens with zero attached hydrogens (tertiary/aromatic N) is 1. The molecule has 3 rings (SSSR count). The molecule has 2 aromatic rings. The first kappa shape index (κ1) is 13.9. The smallest absolute Gasteiger partial charge is 0.168 e.